The van der Waals surface area contributed by atoms with Gasteiger partial charge in [0.1, 0.15) is 9.77 Å². The predicted molar refractivity (Wildman–Crippen MR) is 86.9 cm³/mol. The summed E-state index contributed by atoms with van der Waals surface area (Å²) in [6.45, 7) is 3.35. The van der Waals surface area contributed by atoms with Crippen molar-refractivity contribution in [3.8, 4) is 11.1 Å². The third-order valence-corrected chi connectivity index (χ3v) is 4.58. The Morgan fingerprint density at radius 3 is 2.73 bits per heavy atom. The van der Waals surface area contributed by atoms with Crippen molar-refractivity contribution in [1.29, 1.82) is 0 Å². The number of thioether (sulfide) groups is 1. The van der Waals surface area contributed by atoms with Crippen molar-refractivity contribution in [3.05, 3.63) is 42.9 Å². The van der Waals surface area contributed by atoms with Crippen molar-refractivity contribution in [2.24, 2.45) is 0 Å². The maximum Gasteiger partial charge on any atom is 0.319 e. The smallest absolute Gasteiger partial charge is 0.319 e. The third-order valence-electron chi connectivity index (χ3n) is 3.38. The number of hydrogen-bond acceptors (Lipinski definition) is 4. The molecule has 3 aromatic rings. The number of benzene rings is 1. The quantitative estimate of drug-likeness (QED) is 0.720. The van der Waals surface area contributed by atoms with Gasteiger partial charge < -0.3 is 10.1 Å². The number of carbonyl (C=O) groups is 1. The largest absolute Gasteiger partial charge is 0.480 e. The van der Waals surface area contributed by atoms with Crippen molar-refractivity contribution in [2.75, 3.05) is 0 Å². The number of H-pyrrole nitrogens is 1. The number of hydrogen-bond donors (Lipinski definition) is 2. The summed E-state index contributed by atoms with van der Waals surface area (Å²) in [5, 5.41) is 10.0. The number of nitrogens with zero attached hydrogens (tertiary/aromatic N) is 2. The van der Waals surface area contributed by atoms with Gasteiger partial charge in [-0.15, -0.1) is 0 Å². The van der Waals surface area contributed by atoms with Crippen LogP contribution in [0.15, 0.2) is 47.9 Å². The number of rotatable bonds is 4. The number of imidazole rings is 1. The first-order valence-electron chi connectivity index (χ1n) is 6.79. The van der Waals surface area contributed by atoms with Gasteiger partial charge in [-0.2, -0.15) is 0 Å². The monoisotopic (exact) mass is 313 g/mol. The fourth-order valence-electron chi connectivity index (χ4n) is 2.15. The molecule has 0 saturated heterocycles. The molecule has 112 valence electrons. The van der Waals surface area contributed by atoms with E-state index in [1.165, 1.54) is 11.8 Å². The number of carboxylic acids is 1. The summed E-state index contributed by atoms with van der Waals surface area (Å²) >= 11 is 1.24. The fraction of sp³-hybridized carbons (Fsp3) is 0.188. The van der Waals surface area contributed by atoms with Crippen molar-refractivity contribution in [1.82, 2.24) is 15.0 Å². The van der Waals surface area contributed by atoms with E-state index >= 15 is 0 Å². The van der Waals surface area contributed by atoms with Crippen molar-refractivity contribution < 1.29 is 9.90 Å². The highest BCUT2D eigenvalue weighted by atomic mass is 32.2. The molecule has 0 atom stereocenters. The lowest BCUT2D eigenvalue weighted by Gasteiger charge is -2.19. The Morgan fingerprint density at radius 2 is 1.95 bits per heavy atom. The fourth-order valence-corrected chi connectivity index (χ4v) is 3.12. The number of aromatic nitrogens is 3. The highest BCUT2D eigenvalue weighted by Crippen LogP contribution is 2.39. The maximum atomic E-state index is 11.4. The van der Waals surface area contributed by atoms with Crippen LogP contribution in [0.1, 0.15) is 13.8 Å². The highest BCUT2D eigenvalue weighted by Gasteiger charge is 2.30. The van der Waals surface area contributed by atoms with Gasteiger partial charge in [0.2, 0.25) is 0 Å². The average molecular weight is 313 g/mol. The van der Waals surface area contributed by atoms with Crippen LogP contribution in [0.2, 0.25) is 0 Å². The number of aromatic amines is 1. The lowest BCUT2D eigenvalue weighted by Crippen LogP contribution is -2.27. The van der Waals surface area contributed by atoms with E-state index in [2.05, 4.69) is 15.0 Å². The summed E-state index contributed by atoms with van der Waals surface area (Å²) in [5.41, 5.74) is 3.62. The third kappa shape index (κ3) is 2.57. The van der Waals surface area contributed by atoms with E-state index in [0.29, 0.717) is 5.03 Å². The molecule has 0 unspecified atom stereocenters. The van der Waals surface area contributed by atoms with Gasteiger partial charge in [0.05, 0.1) is 17.4 Å². The Kier molecular flexibility index (Phi) is 3.62. The summed E-state index contributed by atoms with van der Waals surface area (Å²) < 4.78 is -0.956. The molecule has 22 heavy (non-hydrogen) atoms. The summed E-state index contributed by atoms with van der Waals surface area (Å²) in [7, 11) is 0. The first kappa shape index (κ1) is 14.6. The zero-order valence-electron chi connectivity index (χ0n) is 12.2. The minimum Gasteiger partial charge on any atom is -0.480 e. The molecule has 0 saturated carbocycles. The molecule has 3 rings (SSSR count). The molecular weight excluding hydrogens is 298 g/mol. The standard InChI is InChI=1S/C16H15N3O2S/c1-16(2,15(20)21)22-14-11(6-4-8-17-14)10-5-3-7-12-13(10)19-9-18-12/h3-9H,1-2H3,(H,18,19)(H,20,21). The van der Waals surface area contributed by atoms with Gasteiger partial charge in [0, 0.05) is 17.3 Å². The van der Waals surface area contributed by atoms with Gasteiger partial charge >= 0.3 is 5.97 Å². The van der Waals surface area contributed by atoms with Crippen LogP contribution in [0.4, 0.5) is 0 Å². The molecule has 5 nitrogen and oxygen atoms in total. The predicted octanol–water partition coefficient (Wildman–Crippen LogP) is 3.58. The molecule has 0 aliphatic carbocycles. The van der Waals surface area contributed by atoms with Crippen molar-refractivity contribution >= 4 is 28.8 Å². The topological polar surface area (TPSA) is 78.9 Å². The Balaban J connectivity index is 2.13. The van der Waals surface area contributed by atoms with Gasteiger partial charge in [-0.05, 0) is 26.0 Å². The number of fused-ring (bicyclic) bond motifs is 1. The molecule has 0 fully saturated rings. The molecule has 0 aliphatic rings. The molecule has 0 amide bonds. The maximum absolute atomic E-state index is 11.4. The lowest BCUT2D eigenvalue weighted by atomic mass is 10.1. The SMILES string of the molecule is CC(C)(Sc1ncccc1-c1cccc2[nH]cnc12)C(=O)O. The summed E-state index contributed by atoms with van der Waals surface area (Å²) in [5.74, 6) is -0.868. The van der Waals surface area contributed by atoms with Crippen LogP contribution >= 0.6 is 11.8 Å². The Bertz CT molecular complexity index is 842. The minimum absolute atomic E-state index is 0.686. The highest BCUT2D eigenvalue weighted by molar-refractivity contribution is 8.01. The van der Waals surface area contributed by atoms with Gasteiger partial charge in [-0.1, -0.05) is 30.0 Å². The average Bonchev–Trinajstić information content (AvgIpc) is 2.95. The van der Waals surface area contributed by atoms with Crippen LogP contribution in [0.25, 0.3) is 22.2 Å². The molecular formula is C16H15N3O2S. The van der Waals surface area contributed by atoms with Gasteiger partial charge in [-0.3, -0.25) is 4.79 Å². The minimum atomic E-state index is -0.956. The summed E-state index contributed by atoms with van der Waals surface area (Å²) in [6.07, 6.45) is 3.33. The van der Waals surface area contributed by atoms with Crippen LogP contribution in [0, 0.1) is 0 Å². The molecule has 6 heteroatoms. The normalized spacial score (nSPS) is 11.7. The molecule has 0 aliphatic heterocycles. The number of carboxylic acid groups (broad SMARTS) is 1. The Morgan fingerprint density at radius 1 is 1.18 bits per heavy atom. The zero-order chi connectivity index (χ0) is 15.7. The molecule has 0 radical (unpaired) electrons. The first-order chi connectivity index (χ1) is 10.5. The van der Waals surface area contributed by atoms with E-state index in [4.69, 9.17) is 0 Å². The van der Waals surface area contributed by atoms with Gasteiger partial charge in [0.15, 0.2) is 0 Å². The molecule has 2 aromatic heterocycles. The molecule has 2 heterocycles. The summed E-state index contributed by atoms with van der Waals surface area (Å²) in [6, 6.07) is 9.66. The second-order valence-electron chi connectivity index (χ2n) is 5.38. The number of para-hydroxylation sites is 1. The van der Waals surface area contributed by atoms with Crippen LogP contribution in [-0.2, 0) is 4.79 Å². The van der Waals surface area contributed by atoms with Crippen molar-refractivity contribution in [3.63, 3.8) is 0 Å². The van der Waals surface area contributed by atoms with E-state index in [-0.39, 0.29) is 0 Å². The van der Waals surface area contributed by atoms with Crippen LogP contribution in [0.5, 0.6) is 0 Å². The van der Waals surface area contributed by atoms with Crippen molar-refractivity contribution in [2.45, 2.75) is 23.6 Å². The van der Waals surface area contributed by atoms with Gasteiger partial charge in [0.25, 0.3) is 0 Å². The first-order valence-corrected chi connectivity index (χ1v) is 7.60. The van der Waals surface area contributed by atoms with E-state index in [0.717, 1.165) is 22.2 Å². The zero-order valence-corrected chi connectivity index (χ0v) is 13.0. The number of nitrogens with one attached hydrogen (secondary N) is 1. The van der Waals surface area contributed by atoms with E-state index in [1.54, 1.807) is 26.4 Å². The second kappa shape index (κ2) is 5.46. The van der Waals surface area contributed by atoms with E-state index in [9.17, 15) is 9.90 Å². The molecule has 1 aromatic carbocycles. The van der Waals surface area contributed by atoms with Crippen LogP contribution in [-0.4, -0.2) is 30.8 Å². The van der Waals surface area contributed by atoms with Gasteiger partial charge in [-0.25, -0.2) is 9.97 Å². The van der Waals surface area contributed by atoms with Crippen LogP contribution in [0.3, 0.4) is 0 Å². The molecule has 2 N–H and O–H groups in total. The second-order valence-corrected chi connectivity index (χ2v) is 6.99. The van der Waals surface area contributed by atoms with E-state index < -0.39 is 10.7 Å². The summed E-state index contributed by atoms with van der Waals surface area (Å²) in [4.78, 5) is 23.2. The Labute approximate surface area is 131 Å². The number of pyridine rings is 1. The molecule has 0 spiro atoms. The lowest BCUT2D eigenvalue weighted by molar-refractivity contribution is -0.138. The van der Waals surface area contributed by atoms with E-state index in [1.807, 2.05) is 30.3 Å². The number of aliphatic carboxylic acids is 1. The molecule has 0 bridgehead atoms. The Hall–Kier alpha value is -2.34. The van der Waals surface area contributed by atoms with Crippen LogP contribution < -0.4 is 0 Å².